The number of rotatable bonds is 41. The molecule has 14 atom stereocenters. The quantitative estimate of drug-likeness (QED) is 0.0159. The van der Waals surface area contributed by atoms with Crippen LogP contribution in [0.5, 0.6) is 5.75 Å². The van der Waals surface area contributed by atoms with Crippen molar-refractivity contribution in [2.24, 2.45) is 0 Å². The van der Waals surface area contributed by atoms with Crippen molar-refractivity contribution in [3.8, 4) is 5.75 Å². The second kappa shape index (κ2) is 42.8. The fourth-order valence-corrected chi connectivity index (χ4v) is 14.5. The molecule has 2 fully saturated rings. The number of phosphoric ester groups is 1. The van der Waals surface area contributed by atoms with Crippen LogP contribution in [0.15, 0.2) is 140 Å². The predicted octanol–water partition coefficient (Wildman–Crippen LogP) is 13.3. The smallest absolute Gasteiger partial charge is 0.475 e. The highest BCUT2D eigenvalue weighted by atomic mass is 31.2. The molecule has 0 aliphatic carbocycles. The van der Waals surface area contributed by atoms with Crippen molar-refractivity contribution in [2.45, 2.75) is 270 Å². The normalized spacial score (nSPS) is 22.5. The van der Waals surface area contributed by atoms with E-state index in [0.29, 0.717) is 35.3 Å². The number of methoxy groups -OCH3 is 1. The lowest BCUT2D eigenvalue weighted by Crippen LogP contribution is -2.69. The maximum Gasteiger partial charge on any atom is 0.475 e. The third kappa shape index (κ3) is 26.5. The van der Waals surface area contributed by atoms with Crippen molar-refractivity contribution in [1.82, 2.24) is 10.6 Å². The number of amides is 2. The average Bonchev–Trinajstić information content (AvgIpc) is 0.960. The molecule has 592 valence electrons. The van der Waals surface area contributed by atoms with E-state index in [1.54, 1.807) is 59.1 Å². The van der Waals surface area contributed by atoms with Crippen LogP contribution in [-0.2, 0) is 143 Å². The zero-order valence-electron chi connectivity index (χ0n) is 64.4. The molecular formula is C81H111N2O23PSi. The van der Waals surface area contributed by atoms with Gasteiger partial charge in [0.15, 0.2) is 33.1 Å². The van der Waals surface area contributed by atoms with E-state index in [4.69, 9.17) is 74.8 Å². The minimum Gasteiger partial charge on any atom is -0.497 e. The minimum absolute atomic E-state index is 0.0111. The number of benzene rings is 5. The molecule has 3 aliphatic rings. The first-order valence-corrected chi connectivity index (χ1v) is 42.0. The molecule has 3 aliphatic heterocycles. The van der Waals surface area contributed by atoms with Gasteiger partial charge in [0.2, 0.25) is 11.8 Å². The van der Waals surface area contributed by atoms with Crippen LogP contribution in [0.25, 0.3) is 0 Å². The molecule has 108 heavy (non-hydrogen) atoms. The summed E-state index contributed by atoms with van der Waals surface area (Å²) in [7, 11) is -6.18. The molecule has 5 aromatic rings. The third-order valence-corrected chi connectivity index (χ3v) is 25.3. The summed E-state index contributed by atoms with van der Waals surface area (Å²) in [5.41, 5.74) is 4.56. The van der Waals surface area contributed by atoms with E-state index in [0.717, 1.165) is 16.7 Å². The van der Waals surface area contributed by atoms with Crippen molar-refractivity contribution >= 4 is 51.8 Å². The van der Waals surface area contributed by atoms with Crippen molar-refractivity contribution in [3.63, 3.8) is 0 Å². The van der Waals surface area contributed by atoms with E-state index in [-0.39, 0.29) is 84.8 Å². The maximum absolute atomic E-state index is 15.4. The number of carbonyl (C=O) groups is 6. The molecule has 0 aromatic heterocycles. The molecule has 0 radical (unpaired) electrons. The Hall–Kier alpha value is -7.27. The average molecular weight is 1540 g/mol. The number of esters is 4. The molecule has 0 spiro atoms. The minimum atomic E-state index is -4.75. The molecule has 2 N–H and O–H groups in total. The molecule has 5 aromatic carbocycles. The van der Waals surface area contributed by atoms with Gasteiger partial charge in [0, 0.05) is 12.8 Å². The van der Waals surface area contributed by atoms with Crippen LogP contribution in [0.4, 0.5) is 0 Å². The van der Waals surface area contributed by atoms with E-state index in [1.807, 2.05) is 163 Å². The van der Waals surface area contributed by atoms with Gasteiger partial charge in [-0.05, 0) is 89.3 Å². The highest BCUT2D eigenvalue weighted by molar-refractivity contribution is 7.48. The van der Waals surface area contributed by atoms with Gasteiger partial charge in [0.1, 0.15) is 54.5 Å². The van der Waals surface area contributed by atoms with Gasteiger partial charge in [-0.15, -0.1) is 0 Å². The lowest BCUT2D eigenvalue weighted by Gasteiger charge is -2.50. The number of phosphoric acid groups is 1. The van der Waals surface area contributed by atoms with E-state index < -0.39 is 162 Å². The van der Waals surface area contributed by atoms with E-state index in [1.165, 1.54) is 0 Å². The van der Waals surface area contributed by atoms with Gasteiger partial charge in [0.05, 0.1) is 97.9 Å². The first-order valence-electron chi connectivity index (χ1n) is 37.6. The Kier molecular flexibility index (Phi) is 34.2. The molecule has 3 heterocycles. The Bertz CT molecular complexity index is 3620. The number of hydrogen-bond donors (Lipinski definition) is 2. The summed E-state index contributed by atoms with van der Waals surface area (Å²) in [5, 5.41) is 5.71. The van der Waals surface area contributed by atoms with Crippen LogP contribution >= 0.6 is 7.82 Å². The number of carbonyl (C=O) groups excluding carboxylic acids is 6. The van der Waals surface area contributed by atoms with Crippen LogP contribution in [-0.4, -0.2) is 150 Å². The van der Waals surface area contributed by atoms with Gasteiger partial charge < -0.3 is 71.9 Å². The Morgan fingerprint density at radius 2 is 0.917 bits per heavy atom. The summed E-state index contributed by atoms with van der Waals surface area (Å²) in [6.07, 6.45) is -15.2. The standard InChI is InChI=1S/C81H111N2O23PSi/c1-13-60(93-48-57-38-40-64(91-10)41-39-57)42-67(84)83-74-77(103-71(88)44-61(14-2)94-47-55-32-24-20-25-33-55)75(95-49-56-34-26-21-27-35-56)66(102-80(74)106-108(11,12)81(7,8)9)53-96-79-73(82-68(85)43-62(15-3)99-69(86)17-5)78(104-72(89)45-63(16-4)100-70(87)18-6)76(65(101-79)52-92-46-54-30-22-19-23-31-54)105-107(90)97-50-58-36-28-29-37-59(58)51-98-107/h19-41,60-63,65-66,73-80H,13-18,42-53H2,1-12H3,(H,82,85)(H,83,84)/t60-,61-,62-,63-,65?,66?,73?,74?,75+,76-,77-,78-,79-,80+/m1/s1. The number of fused-ring (bicyclic) bond motifs is 1. The topological polar surface area (TPSA) is 291 Å². The third-order valence-electron chi connectivity index (χ3n) is 19.5. The van der Waals surface area contributed by atoms with Crippen LogP contribution in [0.2, 0.25) is 18.1 Å². The number of hydrogen-bond acceptors (Lipinski definition) is 23. The highest BCUT2D eigenvalue weighted by Crippen LogP contribution is 2.55. The molecule has 2 saturated heterocycles. The van der Waals surface area contributed by atoms with Crippen molar-refractivity contribution < 1.29 is 108 Å². The Balaban J connectivity index is 1.26. The molecule has 4 unspecified atom stereocenters. The largest absolute Gasteiger partial charge is 0.497 e. The van der Waals surface area contributed by atoms with Gasteiger partial charge in [-0.1, -0.05) is 190 Å². The summed E-state index contributed by atoms with van der Waals surface area (Å²) in [6.45, 7) is 19.6. The van der Waals surface area contributed by atoms with Gasteiger partial charge in [-0.2, -0.15) is 0 Å². The Labute approximate surface area is 636 Å². The Morgan fingerprint density at radius 3 is 1.42 bits per heavy atom. The first-order chi connectivity index (χ1) is 51.8. The second-order valence-corrected chi connectivity index (χ2v) is 34.9. The fourth-order valence-electron chi connectivity index (χ4n) is 12.0. The molecule has 27 heteroatoms. The highest BCUT2D eigenvalue weighted by Gasteiger charge is 2.57. The molecule has 2 amide bonds. The van der Waals surface area contributed by atoms with Crippen molar-refractivity contribution in [2.75, 3.05) is 20.3 Å². The summed E-state index contributed by atoms with van der Waals surface area (Å²) < 4.78 is 119. The predicted molar refractivity (Wildman–Crippen MR) is 401 cm³/mol. The van der Waals surface area contributed by atoms with Gasteiger partial charge >= 0.3 is 31.7 Å². The summed E-state index contributed by atoms with van der Waals surface area (Å²) in [4.78, 5) is 85.9. The van der Waals surface area contributed by atoms with Crippen LogP contribution in [0.3, 0.4) is 0 Å². The molecule has 8 rings (SSSR count). The molecule has 0 saturated carbocycles. The zero-order valence-corrected chi connectivity index (χ0v) is 66.3. The Morgan fingerprint density at radius 1 is 0.491 bits per heavy atom. The lowest BCUT2D eigenvalue weighted by atomic mass is 9.95. The number of nitrogens with one attached hydrogen (secondary N) is 2. The van der Waals surface area contributed by atoms with Crippen LogP contribution < -0.4 is 15.4 Å². The summed E-state index contributed by atoms with van der Waals surface area (Å²) in [5.74, 6) is -3.30. The molecule has 25 nitrogen and oxygen atoms in total. The summed E-state index contributed by atoms with van der Waals surface area (Å²) in [6, 6.07) is 39.7. The van der Waals surface area contributed by atoms with Gasteiger partial charge in [0.25, 0.3) is 0 Å². The van der Waals surface area contributed by atoms with Crippen molar-refractivity contribution in [3.05, 3.63) is 173 Å². The van der Waals surface area contributed by atoms with E-state index in [9.17, 15) is 14.4 Å². The van der Waals surface area contributed by atoms with E-state index >= 15 is 18.9 Å². The molecular weight excluding hydrogens is 1430 g/mol. The number of ether oxygens (including phenoxy) is 12. The fraction of sp³-hybridized carbons (Fsp3) is 0.556. The second-order valence-electron chi connectivity index (χ2n) is 28.6. The van der Waals surface area contributed by atoms with Crippen LogP contribution in [0.1, 0.15) is 160 Å². The zero-order chi connectivity index (χ0) is 77.8. The lowest BCUT2D eigenvalue weighted by molar-refractivity contribution is -0.302. The maximum atomic E-state index is 15.4. The molecule has 0 bridgehead atoms. The van der Waals surface area contributed by atoms with Gasteiger partial charge in [-0.25, -0.2) is 4.57 Å². The van der Waals surface area contributed by atoms with Gasteiger partial charge in [-0.3, -0.25) is 42.3 Å². The summed E-state index contributed by atoms with van der Waals surface area (Å²) >= 11 is 0. The van der Waals surface area contributed by atoms with Crippen LogP contribution in [0, 0.1) is 0 Å². The monoisotopic (exact) mass is 1540 g/mol. The first kappa shape index (κ1) is 86.3. The van der Waals surface area contributed by atoms with Crippen molar-refractivity contribution in [1.29, 1.82) is 0 Å². The van der Waals surface area contributed by atoms with E-state index in [2.05, 4.69) is 10.6 Å². The SMILES string of the molecule is CCC(=O)O[C@H](CC)CC(=O)NC1[C@H](OCC2O[C@@H](O[Si](C)(C)C(C)(C)C)C(NC(=O)C[C@@H](CC)OCc3ccc(OC)cc3)[C@@H](OC(=O)C[C@@H](CC)OCc3ccccc3)[C@H]2OCc2ccccc2)OC(COCc2ccccc2)[C@@H](OP2(=O)OCc3ccccc3CO2)[C@@H]1OC(=O)C[C@@H](CC)OC(=O)CC.